The number of benzene rings is 2. The van der Waals surface area contributed by atoms with Crippen LogP contribution >= 0.6 is 0 Å². The highest BCUT2D eigenvalue weighted by Crippen LogP contribution is 2.21. The van der Waals surface area contributed by atoms with E-state index in [1.807, 2.05) is 6.20 Å². The minimum absolute atomic E-state index is 0.233. The van der Waals surface area contributed by atoms with Gasteiger partial charge in [-0.1, -0.05) is 30.3 Å². The summed E-state index contributed by atoms with van der Waals surface area (Å²) in [4.78, 5) is 2.59. The molecule has 4 rings (SSSR count). The predicted molar refractivity (Wildman–Crippen MR) is 110 cm³/mol. The summed E-state index contributed by atoms with van der Waals surface area (Å²) in [6.45, 7) is 4.71. The molecule has 0 amide bonds. The Labute approximate surface area is 160 Å². The van der Waals surface area contributed by atoms with Gasteiger partial charge >= 0.3 is 0 Å². The van der Waals surface area contributed by atoms with Gasteiger partial charge in [0.05, 0.1) is 11.4 Å². The molecule has 2 heterocycles. The lowest BCUT2D eigenvalue weighted by Gasteiger charge is -2.21. The van der Waals surface area contributed by atoms with Crippen molar-refractivity contribution in [2.24, 2.45) is 5.10 Å². The maximum absolute atomic E-state index is 13.1. The van der Waals surface area contributed by atoms with Crippen molar-refractivity contribution in [3.05, 3.63) is 77.8 Å². The first-order valence-corrected chi connectivity index (χ1v) is 9.81. The third kappa shape index (κ3) is 4.28. The Bertz CT molecular complexity index is 824. The van der Waals surface area contributed by atoms with Gasteiger partial charge in [0.1, 0.15) is 5.82 Å². The fourth-order valence-electron chi connectivity index (χ4n) is 3.84. The Morgan fingerprint density at radius 2 is 1.85 bits per heavy atom. The Morgan fingerprint density at radius 1 is 1.07 bits per heavy atom. The highest BCUT2D eigenvalue weighted by Gasteiger charge is 2.19. The van der Waals surface area contributed by atoms with Gasteiger partial charge in [0.25, 0.3) is 0 Å². The number of anilines is 1. The zero-order chi connectivity index (χ0) is 18.6. The molecule has 1 atom stereocenters. The highest BCUT2D eigenvalue weighted by molar-refractivity contribution is 6.02. The molecule has 0 N–H and O–H groups in total. The number of hydrazone groups is 1. The minimum Gasteiger partial charge on any atom is -0.300 e. The second kappa shape index (κ2) is 8.05. The first-order valence-electron chi connectivity index (χ1n) is 9.81. The molecule has 0 saturated carbocycles. The van der Waals surface area contributed by atoms with Crippen LogP contribution in [0.4, 0.5) is 10.1 Å². The summed E-state index contributed by atoms with van der Waals surface area (Å²) in [6, 6.07) is 15.9. The van der Waals surface area contributed by atoms with Gasteiger partial charge < -0.3 is 4.90 Å². The summed E-state index contributed by atoms with van der Waals surface area (Å²) < 4.78 is 13.1. The fraction of sp³-hybridized carbons (Fsp3) is 0.348. The van der Waals surface area contributed by atoms with Crippen molar-refractivity contribution in [2.75, 3.05) is 18.1 Å². The van der Waals surface area contributed by atoms with E-state index in [2.05, 4.69) is 42.2 Å². The molecular weight excluding hydrogens is 337 g/mol. The molecule has 27 heavy (non-hydrogen) atoms. The van der Waals surface area contributed by atoms with Gasteiger partial charge in [-0.05, 0) is 68.1 Å². The Balaban J connectivity index is 1.42. The molecule has 1 fully saturated rings. The van der Waals surface area contributed by atoms with E-state index in [9.17, 15) is 4.39 Å². The van der Waals surface area contributed by atoms with E-state index >= 15 is 0 Å². The molecule has 2 aromatic rings. The van der Waals surface area contributed by atoms with Gasteiger partial charge in [0, 0.05) is 25.2 Å². The molecular formula is C23H26FN3. The average Bonchev–Trinajstić information content (AvgIpc) is 3.12. The first-order chi connectivity index (χ1) is 13.2. The Morgan fingerprint density at radius 3 is 2.56 bits per heavy atom. The number of rotatable bonds is 5. The van der Waals surface area contributed by atoms with E-state index in [1.54, 1.807) is 17.1 Å². The van der Waals surface area contributed by atoms with E-state index in [1.165, 1.54) is 37.1 Å². The highest BCUT2D eigenvalue weighted by atomic mass is 19.1. The first kappa shape index (κ1) is 17.9. The van der Waals surface area contributed by atoms with E-state index in [0.29, 0.717) is 0 Å². The van der Waals surface area contributed by atoms with Gasteiger partial charge in [0.2, 0.25) is 0 Å². The second-order valence-electron chi connectivity index (χ2n) is 7.43. The van der Waals surface area contributed by atoms with Crippen LogP contribution in [0.1, 0.15) is 37.3 Å². The van der Waals surface area contributed by atoms with E-state index in [-0.39, 0.29) is 5.82 Å². The normalized spacial score (nSPS) is 20.1. The number of likely N-dealkylation sites (tertiary alicyclic amines) is 1. The van der Waals surface area contributed by atoms with Gasteiger partial charge in [0.15, 0.2) is 0 Å². The van der Waals surface area contributed by atoms with Gasteiger partial charge in [-0.2, -0.15) is 5.10 Å². The summed E-state index contributed by atoms with van der Waals surface area (Å²) in [5, 5.41) is 6.54. The Kier molecular flexibility index (Phi) is 5.35. The van der Waals surface area contributed by atoms with E-state index < -0.39 is 0 Å². The molecule has 4 heteroatoms. The molecule has 2 aliphatic rings. The Hall–Kier alpha value is -2.46. The SMILES string of the molecule is C[C@@H]1CCCN1CCc1ccc(C2=NN(c3ccc(F)cc3)C=CC2)cc1. The van der Waals surface area contributed by atoms with Crippen molar-refractivity contribution in [3.63, 3.8) is 0 Å². The lowest BCUT2D eigenvalue weighted by atomic mass is 10.0. The van der Waals surface area contributed by atoms with Crippen molar-refractivity contribution in [2.45, 2.75) is 38.6 Å². The quantitative estimate of drug-likeness (QED) is 0.746. The third-order valence-corrected chi connectivity index (χ3v) is 5.54. The van der Waals surface area contributed by atoms with Crippen molar-refractivity contribution >= 4 is 11.4 Å². The summed E-state index contributed by atoms with van der Waals surface area (Å²) in [6.07, 6.45) is 8.59. The van der Waals surface area contributed by atoms with Crippen molar-refractivity contribution in [3.8, 4) is 0 Å². The summed E-state index contributed by atoms with van der Waals surface area (Å²) in [5.74, 6) is -0.233. The molecule has 140 valence electrons. The van der Waals surface area contributed by atoms with Crippen molar-refractivity contribution in [1.82, 2.24) is 4.90 Å². The molecule has 0 radical (unpaired) electrons. The van der Waals surface area contributed by atoms with Crippen LogP contribution in [0, 0.1) is 5.82 Å². The topological polar surface area (TPSA) is 18.8 Å². The van der Waals surface area contributed by atoms with Crippen LogP contribution < -0.4 is 5.01 Å². The van der Waals surface area contributed by atoms with E-state index in [4.69, 9.17) is 5.10 Å². The van der Waals surface area contributed by atoms with Crippen LogP contribution in [-0.2, 0) is 6.42 Å². The summed E-state index contributed by atoms with van der Waals surface area (Å²) >= 11 is 0. The van der Waals surface area contributed by atoms with Crippen LogP contribution in [0.2, 0.25) is 0 Å². The molecule has 2 aromatic carbocycles. The van der Waals surface area contributed by atoms with Crippen molar-refractivity contribution in [1.29, 1.82) is 0 Å². The second-order valence-corrected chi connectivity index (χ2v) is 7.43. The number of allylic oxidation sites excluding steroid dienone is 1. The van der Waals surface area contributed by atoms with Crippen LogP contribution in [0.15, 0.2) is 65.9 Å². The average molecular weight is 363 g/mol. The fourth-order valence-corrected chi connectivity index (χ4v) is 3.84. The standard InChI is InChI=1S/C23H26FN3/c1-18-4-2-15-26(18)17-14-19-6-8-20(9-7-19)23-5-3-16-27(25-23)22-12-10-21(24)11-13-22/h3,6-13,16,18H,2,4-5,14-15,17H2,1H3/t18-/m1/s1. The van der Waals surface area contributed by atoms with Gasteiger partial charge in [-0.15, -0.1) is 0 Å². The molecule has 0 bridgehead atoms. The minimum atomic E-state index is -0.233. The maximum Gasteiger partial charge on any atom is 0.123 e. The van der Waals surface area contributed by atoms with Gasteiger partial charge in [-0.25, -0.2) is 9.40 Å². The van der Waals surface area contributed by atoms with Crippen LogP contribution in [-0.4, -0.2) is 29.7 Å². The zero-order valence-corrected chi connectivity index (χ0v) is 15.8. The van der Waals surface area contributed by atoms with Gasteiger partial charge in [-0.3, -0.25) is 0 Å². The molecule has 0 unspecified atom stereocenters. The summed E-state index contributed by atoms with van der Waals surface area (Å²) in [5.41, 5.74) is 4.41. The smallest absolute Gasteiger partial charge is 0.123 e. The molecule has 0 aromatic heterocycles. The molecule has 3 nitrogen and oxygen atoms in total. The van der Waals surface area contributed by atoms with E-state index in [0.717, 1.165) is 42.4 Å². The maximum atomic E-state index is 13.1. The van der Waals surface area contributed by atoms with Crippen LogP contribution in [0.3, 0.4) is 0 Å². The molecule has 2 aliphatic heterocycles. The van der Waals surface area contributed by atoms with Crippen LogP contribution in [0.25, 0.3) is 0 Å². The third-order valence-electron chi connectivity index (χ3n) is 5.54. The lowest BCUT2D eigenvalue weighted by Crippen LogP contribution is -2.28. The molecule has 0 aliphatic carbocycles. The largest absolute Gasteiger partial charge is 0.300 e. The predicted octanol–water partition coefficient (Wildman–Crippen LogP) is 4.98. The lowest BCUT2D eigenvalue weighted by molar-refractivity contribution is 0.272. The number of hydrogen-bond donors (Lipinski definition) is 0. The monoisotopic (exact) mass is 363 g/mol. The number of halogens is 1. The zero-order valence-electron chi connectivity index (χ0n) is 15.8. The summed E-state index contributed by atoms with van der Waals surface area (Å²) in [7, 11) is 0. The molecule has 1 saturated heterocycles. The van der Waals surface area contributed by atoms with Crippen molar-refractivity contribution < 1.29 is 4.39 Å². The number of nitrogens with zero attached hydrogens (tertiary/aromatic N) is 3. The number of hydrogen-bond acceptors (Lipinski definition) is 3. The molecule has 0 spiro atoms. The van der Waals surface area contributed by atoms with Crippen LogP contribution in [0.5, 0.6) is 0 Å².